The summed E-state index contributed by atoms with van der Waals surface area (Å²) >= 11 is 0. The molecule has 14 aromatic rings. The Morgan fingerprint density at radius 2 is 0.965 bits per heavy atom. The fourth-order valence-corrected chi connectivity index (χ4v) is 10.2. The maximum atomic E-state index is 5.55. The highest BCUT2D eigenvalue weighted by molar-refractivity contribution is 6.37. The molecule has 0 atom stereocenters. The quantitative estimate of drug-likeness (QED) is 0.182. The first-order valence-electron chi connectivity index (χ1n) is 19.5. The predicted molar refractivity (Wildman–Crippen MR) is 237 cm³/mol. The summed E-state index contributed by atoms with van der Waals surface area (Å²) in [6.45, 7) is 0. The van der Waals surface area contributed by atoms with E-state index in [-0.39, 0.29) is 0 Å². The van der Waals surface area contributed by atoms with E-state index in [9.17, 15) is 0 Å². The van der Waals surface area contributed by atoms with Crippen molar-refractivity contribution in [3.8, 4) is 22.8 Å². The van der Waals surface area contributed by atoms with Gasteiger partial charge < -0.3 is 8.97 Å². The van der Waals surface area contributed by atoms with Crippen LogP contribution in [0.4, 0.5) is 0 Å². The molecule has 0 aliphatic rings. The molecule has 0 amide bonds. The van der Waals surface area contributed by atoms with Gasteiger partial charge in [0.15, 0.2) is 5.82 Å². The van der Waals surface area contributed by atoms with Gasteiger partial charge in [-0.05, 0) is 77.5 Å². The van der Waals surface area contributed by atoms with Crippen LogP contribution in [-0.4, -0.2) is 23.5 Å². The topological polar surface area (TPSA) is 40.0 Å². The summed E-state index contributed by atoms with van der Waals surface area (Å²) < 4.78 is 7.27. The third-order valence-corrected chi connectivity index (χ3v) is 12.5. The van der Waals surface area contributed by atoms with Crippen LogP contribution in [0.1, 0.15) is 0 Å². The van der Waals surface area contributed by atoms with Crippen LogP contribution in [0.5, 0.6) is 0 Å². The van der Waals surface area contributed by atoms with Crippen molar-refractivity contribution in [2.75, 3.05) is 0 Å². The average molecular weight is 724 g/mol. The lowest BCUT2D eigenvalue weighted by Crippen LogP contribution is -2.04. The van der Waals surface area contributed by atoms with Gasteiger partial charge in [-0.2, -0.15) is 0 Å². The van der Waals surface area contributed by atoms with Crippen molar-refractivity contribution < 1.29 is 0 Å². The monoisotopic (exact) mass is 723 g/mol. The molecule has 0 aliphatic heterocycles. The fraction of sp³-hybridized carbons (Fsp3) is 0. The van der Waals surface area contributed by atoms with Crippen LogP contribution < -0.4 is 0 Å². The van der Waals surface area contributed by atoms with Gasteiger partial charge in [-0.1, -0.05) is 109 Å². The van der Waals surface area contributed by atoms with Gasteiger partial charge in [0.05, 0.1) is 49.7 Å². The molecule has 0 saturated carbocycles. The van der Waals surface area contributed by atoms with Crippen LogP contribution in [0.2, 0.25) is 0 Å². The first-order chi connectivity index (χ1) is 28.3. The molecule has 5 nitrogen and oxygen atoms in total. The third-order valence-electron chi connectivity index (χ3n) is 12.5. The van der Waals surface area contributed by atoms with Gasteiger partial charge in [0.1, 0.15) is 5.69 Å². The summed E-state index contributed by atoms with van der Waals surface area (Å²) in [5.41, 5.74) is 13.0. The summed E-state index contributed by atoms with van der Waals surface area (Å²) in [7, 11) is 0. The first kappa shape index (κ1) is 29.6. The molecule has 0 aliphatic carbocycles. The van der Waals surface area contributed by atoms with Crippen LogP contribution in [0.15, 0.2) is 176 Å². The lowest BCUT2D eigenvalue weighted by Gasteiger charge is -2.15. The summed E-state index contributed by atoms with van der Waals surface area (Å²) in [5, 5.41) is 12.4. The van der Waals surface area contributed by atoms with Crippen LogP contribution in [-0.2, 0) is 0 Å². The molecule has 262 valence electrons. The molecule has 0 saturated heterocycles. The van der Waals surface area contributed by atoms with Crippen molar-refractivity contribution in [2.24, 2.45) is 0 Å². The number of aromatic nitrogens is 5. The molecule has 57 heavy (non-hydrogen) atoms. The fourth-order valence-electron chi connectivity index (χ4n) is 10.2. The van der Waals surface area contributed by atoms with Gasteiger partial charge in [-0.25, -0.2) is 9.97 Å². The Morgan fingerprint density at radius 1 is 0.351 bits per heavy atom. The third kappa shape index (κ3) is 3.69. The maximum Gasteiger partial charge on any atom is 0.165 e. The first-order valence-corrected chi connectivity index (χ1v) is 19.5. The number of nitrogens with zero attached hydrogens (tertiary/aromatic N) is 5. The normalized spacial score (nSPS) is 12.6. The van der Waals surface area contributed by atoms with E-state index in [1.807, 2.05) is 6.07 Å². The van der Waals surface area contributed by atoms with E-state index in [4.69, 9.17) is 9.97 Å². The Hall–Kier alpha value is -7.76. The van der Waals surface area contributed by atoms with Crippen LogP contribution in [0, 0.1) is 0 Å². The molecule has 5 aromatic heterocycles. The second-order valence-electron chi connectivity index (χ2n) is 15.3. The lowest BCUT2D eigenvalue weighted by atomic mass is 9.98. The molecule has 0 fully saturated rings. The second-order valence-corrected chi connectivity index (χ2v) is 15.3. The second kappa shape index (κ2) is 10.5. The highest BCUT2D eigenvalue weighted by Crippen LogP contribution is 2.48. The highest BCUT2D eigenvalue weighted by Gasteiger charge is 2.26. The Kier molecular flexibility index (Phi) is 5.45. The van der Waals surface area contributed by atoms with Crippen LogP contribution in [0.3, 0.4) is 0 Å². The van der Waals surface area contributed by atoms with E-state index < -0.39 is 0 Å². The molecule has 0 unspecified atom stereocenters. The summed E-state index contributed by atoms with van der Waals surface area (Å²) in [6, 6.07) is 63.8. The molecule has 5 heterocycles. The molecular formula is C52H29N5. The number of hydrogen-bond acceptors (Lipinski definition) is 2. The van der Waals surface area contributed by atoms with Crippen molar-refractivity contribution in [3.63, 3.8) is 0 Å². The standard InChI is InChI=1S/C52H29N5/c1-2-12-33(13-3-1)55-40-18-8-5-15-35(40)37-29-32(24-26-42(37)55)50-52(54-39-17-7-6-16-38(39)53-50)57-44-27-22-30-11-10-20-43-46(30)48(44)49-45(57)28-23-31-21-25-36-34-14-4-9-19-41(34)56(43)51(36)47(31)49/h1-29H. The van der Waals surface area contributed by atoms with E-state index in [0.717, 1.165) is 50.3 Å². The Labute approximate surface area is 324 Å². The van der Waals surface area contributed by atoms with E-state index in [0.29, 0.717) is 0 Å². The van der Waals surface area contributed by atoms with Gasteiger partial charge in [0.25, 0.3) is 0 Å². The number of para-hydroxylation sites is 5. The largest absolute Gasteiger partial charge is 0.309 e. The zero-order valence-electron chi connectivity index (χ0n) is 30.5. The molecule has 0 radical (unpaired) electrons. The maximum absolute atomic E-state index is 5.55. The van der Waals surface area contributed by atoms with Crippen molar-refractivity contribution >= 4 is 104 Å². The van der Waals surface area contributed by atoms with Gasteiger partial charge in [-0.15, -0.1) is 0 Å². The van der Waals surface area contributed by atoms with Crippen molar-refractivity contribution in [3.05, 3.63) is 176 Å². The van der Waals surface area contributed by atoms with Crippen molar-refractivity contribution in [2.45, 2.75) is 0 Å². The average Bonchev–Trinajstić information content (AvgIpc) is 3.88. The van der Waals surface area contributed by atoms with E-state index in [1.54, 1.807) is 0 Å². The molecule has 5 heteroatoms. The Bertz CT molecular complexity index is 3980. The number of benzene rings is 9. The predicted octanol–water partition coefficient (Wildman–Crippen LogP) is 13.2. The summed E-state index contributed by atoms with van der Waals surface area (Å²) in [6.07, 6.45) is 0. The van der Waals surface area contributed by atoms with Gasteiger partial charge in [0, 0.05) is 54.3 Å². The smallest absolute Gasteiger partial charge is 0.165 e. The van der Waals surface area contributed by atoms with E-state index in [2.05, 4.69) is 183 Å². The van der Waals surface area contributed by atoms with Crippen molar-refractivity contribution in [1.82, 2.24) is 23.5 Å². The van der Waals surface area contributed by atoms with E-state index in [1.165, 1.54) is 75.9 Å². The molecule has 14 rings (SSSR count). The minimum Gasteiger partial charge on any atom is -0.309 e. The molecule has 0 N–H and O–H groups in total. The van der Waals surface area contributed by atoms with Crippen LogP contribution >= 0.6 is 0 Å². The Balaban J connectivity index is 1.15. The van der Waals surface area contributed by atoms with Crippen LogP contribution in [0.25, 0.3) is 126 Å². The molecule has 9 aromatic carbocycles. The summed E-state index contributed by atoms with van der Waals surface area (Å²) in [5.74, 6) is 0.823. The zero-order valence-corrected chi connectivity index (χ0v) is 30.5. The van der Waals surface area contributed by atoms with Crippen molar-refractivity contribution in [1.29, 1.82) is 0 Å². The SMILES string of the molecule is c1ccc(-n2c3ccccc3c3cc(-c4nc5ccccc5nc4-n4c5ccc6cccc7c6c5c5c6c(ccc8c9ccccc9n7c86)ccc54)ccc32)cc1. The highest BCUT2D eigenvalue weighted by atomic mass is 15.1. The molecular weight excluding hydrogens is 695 g/mol. The lowest BCUT2D eigenvalue weighted by molar-refractivity contribution is 1.08. The van der Waals surface area contributed by atoms with E-state index >= 15 is 0 Å². The molecule has 0 spiro atoms. The minimum absolute atomic E-state index is 0.823. The molecule has 0 bridgehead atoms. The minimum atomic E-state index is 0.823. The number of fused-ring (bicyclic) bond motifs is 8. The van der Waals surface area contributed by atoms with Gasteiger partial charge in [0.2, 0.25) is 0 Å². The summed E-state index contributed by atoms with van der Waals surface area (Å²) in [4.78, 5) is 11.0. The number of rotatable bonds is 3. The van der Waals surface area contributed by atoms with Gasteiger partial charge >= 0.3 is 0 Å². The van der Waals surface area contributed by atoms with Gasteiger partial charge in [-0.3, -0.25) is 4.57 Å². The zero-order chi connectivity index (χ0) is 36.9. The Morgan fingerprint density at radius 3 is 1.79 bits per heavy atom. The number of hydrogen-bond donors (Lipinski definition) is 0.